The minimum absolute atomic E-state index is 0.0292. The number of nitrogen functional groups attached to an aromatic ring is 1. The first kappa shape index (κ1) is 14.9. The molecule has 0 bridgehead atoms. The van der Waals surface area contributed by atoms with Gasteiger partial charge in [-0.15, -0.1) is 0 Å². The number of hydrogen-bond acceptors (Lipinski definition) is 3. The lowest BCUT2D eigenvalue weighted by atomic mass is 10.1. The molecule has 0 aromatic heterocycles. The number of carboxylic acids is 1. The molecule has 0 heterocycles. The Kier molecular flexibility index (Phi) is 4.86. The van der Waals surface area contributed by atoms with Crippen molar-refractivity contribution in [1.29, 1.82) is 0 Å². The molecule has 1 aromatic rings. The zero-order valence-electron chi connectivity index (χ0n) is 10.9. The SMILES string of the molecule is CCN(CC(C)C(=O)O)C(=O)c1ccc(N)c(F)c1. The second-order valence-corrected chi connectivity index (χ2v) is 4.32. The molecule has 0 saturated heterocycles. The molecule has 1 aromatic carbocycles. The van der Waals surface area contributed by atoms with Crippen molar-refractivity contribution in [1.82, 2.24) is 4.90 Å². The summed E-state index contributed by atoms with van der Waals surface area (Å²) in [4.78, 5) is 24.3. The third-order valence-corrected chi connectivity index (χ3v) is 2.83. The molecule has 0 aliphatic carbocycles. The average molecular weight is 268 g/mol. The average Bonchev–Trinajstić information content (AvgIpc) is 2.37. The Balaban J connectivity index is 2.89. The number of carbonyl (C=O) groups is 2. The smallest absolute Gasteiger partial charge is 0.308 e. The minimum atomic E-state index is -0.977. The van der Waals surface area contributed by atoms with Crippen LogP contribution in [0.3, 0.4) is 0 Å². The van der Waals surface area contributed by atoms with E-state index in [-0.39, 0.29) is 17.8 Å². The molecule has 3 N–H and O–H groups in total. The summed E-state index contributed by atoms with van der Waals surface area (Å²) in [6, 6.07) is 3.80. The van der Waals surface area contributed by atoms with Crippen molar-refractivity contribution >= 4 is 17.6 Å². The van der Waals surface area contributed by atoms with Gasteiger partial charge in [0.05, 0.1) is 11.6 Å². The van der Waals surface area contributed by atoms with Gasteiger partial charge in [-0.05, 0) is 25.1 Å². The summed E-state index contributed by atoms with van der Waals surface area (Å²) in [7, 11) is 0. The molecule has 0 aliphatic heterocycles. The van der Waals surface area contributed by atoms with Crippen LogP contribution in [-0.2, 0) is 4.79 Å². The lowest BCUT2D eigenvalue weighted by molar-refractivity contribution is -0.141. The minimum Gasteiger partial charge on any atom is -0.481 e. The Hall–Kier alpha value is -2.11. The number of anilines is 1. The first-order valence-electron chi connectivity index (χ1n) is 5.93. The predicted octanol–water partition coefficient (Wildman–Crippen LogP) is 1.59. The lowest BCUT2D eigenvalue weighted by Gasteiger charge is -2.23. The Labute approximate surface area is 110 Å². The second-order valence-electron chi connectivity index (χ2n) is 4.32. The number of amides is 1. The highest BCUT2D eigenvalue weighted by Crippen LogP contribution is 2.14. The normalized spacial score (nSPS) is 11.9. The quantitative estimate of drug-likeness (QED) is 0.794. The Bertz CT molecular complexity index is 491. The van der Waals surface area contributed by atoms with Crippen LogP contribution in [-0.4, -0.2) is 35.0 Å². The monoisotopic (exact) mass is 268 g/mol. The highest BCUT2D eigenvalue weighted by molar-refractivity contribution is 5.94. The molecule has 1 unspecified atom stereocenters. The van der Waals surface area contributed by atoms with Crippen LogP contribution in [0.5, 0.6) is 0 Å². The highest BCUT2D eigenvalue weighted by Gasteiger charge is 2.20. The van der Waals surface area contributed by atoms with E-state index >= 15 is 0 Å². The lowest BCUT2D eigenvalue weighted by Crippen LogP contribution is -2.36. The van der Waals surface area contributed by atoms with E-state index in [4.69, 9.17) is 10.8 Å². The first-order chi connectivity index (χ1) is 8.86. The molecule has 0 saturated carbocycles. The molecule has 5 nitrogen and oxygen atoms in total. The molecule has 1 amide bonds. The summed E-state index contributed by atoms with van der Waals surface area (Å²) in [6.07, 6.45) is 0. The van der Waals surface area contributed by atoms with Crippen LogP contribution in [0, 0.1) is 11.7 Å². The molecule has 104 valence electrons. The maximum absolute atomic E-state index is 13.3. The van der Waals surface area contributed by atoms with Crippen molar-refractivity contribution in [3.63, 3.8) is 0 Å². The van der Waals surface area contributed by atoms with E-state index < -0.39 is 23.6 Å². The number of halogens is 1. The maximum Gasteiger partial charge on any atom is 0.308 e. The second kappa shape index (κ2) is 6.17. The molecular formula is C13H17FN2O3. The van der Waals surface area contributed by atoms with Gasteiger partial charge < -0.3 is 15.7 Å². The Morgan fingerprint density at radius 1 is 1.47 bits per heavy atom. The van der Waals surface area contributed by atoms with E-state index in [9.17, 15) is 14.0 Å². The van der Waals surface area contributed by atoms with Crippen molar-refractivity contribution in [2.24, 2.45) is 5.92 Å². The summed E-state index contributed by atoms with van der Waals surface area (Å²) in [5.74, 6) is -2.72. The fraction of sp³-hybridized carbons (Fsp3) is 0.385. The highest BCUT2D eigenvalue weighted by atomic mass is 19.1. The fourth-order valence-electron chi connectivity index (χ4n) is 1.61. The molecule has 1 rings (SSSR count). The van der Waals surface area contributed by atoms with Gasteiger partial charge in [0.2, 0.25) is 0 Å². The molecule has 0 fully saturated rings. The third kappa shape index (κ3) is 3.67. The number of hydrogen-bond donors (Lipinski definition) is 2. The third-order valence-electron chi connectivity index (χ3n) is 2.83. The zero-order chi connectivity index (χ0) is 14.6. The Morgan fingerprint density at radius 3 is 2.58 bits per heavy atom. The largest absolute Gasteiger partial charge is 0.481 e. The van der Waals surface area contributed by atoms with Crippen LogP contribution in [0.2, 0.25) is 0 Å². The molecule has 0 spiro atoms. The molecule has 0 radical (unpaired) electrons. The topological polar surface area (TPSA) is 83.6 Å². The van der Waals surface area contributed by atoms with E-state index in [0.29, 0.717) is 6.54 Å². The molecule has 6 heteroatoms. The van der Waals surface area contributed by atoms with E-state index in [1.807, 2.05) is 0 Å². The van der Waals surface area contributed by atoms with Crippen molar-refractivity contribution < 1.29 is 19.1 Å². The van der Waals surface area contributed by atoms with Crippen LogP contribution >= 0.6 is 0 Å². The number of rotatable bonds is 5. The number of aliphatic carboxylic acids is 1. The first-order valence-corrected chi connectivity index (χ1v) is 5.93. The number of benzene rings is 1. The summed E-state index contributed by atoms with van der Waals surface area (Å²) in [5.41, 5.74) is 5.47. The number of nitrogens with zero attached hydrogens (tertiary/aromatic N) is 1. The van der Waals surface area contributed by atoms with E-state index in [2.05, 4.69) is 0 Å². The summed E-state index contributed by atoms with van der Waals surface area (Å²) >= 11 is 0. The van der Waals surface area contributed by atoms with Crippen LogP contribution in [0.4, 0.5) is 10.1 Å². The summed E-state index contributed by atoms with van der Waals surface area (Å²) in [6.45, 7) is 3.68. The van der Waals surface area contributed by atoms with Crippen LogP contribution in [0.25, 0.3) is 0 Å². The summed E-state index contributed by atoms with van der Waals surface area (Å²) < 4.78 is 13.3. The van der Waals surface area contributed by atoms with E-state index in [1.54, 1.807) is 6.92 Å². The van der Waals surface area contributed by atoms with E-state index in [1.165, 1.54) is 24.0 Å². The van der Waals surface area contributed by atoms with Gasteiger partial charge >= 0.3 is 5.97 Å². The van der Waals surface area contributed by atoms with Crippen molar-refractivity contribution in [2.45, 2.75) is 13.8 Å². The van der Waals surface area contributed by atoms with Gasteiger partial charge in [0.25, 0.3) is 5.91 Å². The molecule has 0 aliphatic rings. The van der Waals surface area contributed by atoms with Crippen LogP contribution in [0.15, 0.2) is 18.2 Å². The number of carboxylic acid groups (broad SMARTS) is 1. The zero-order valence-corrected chi connectivity index (χ0v) is 10.9. The maximum atomic E-state index is 13.3. The molecular weight excluding hydrogens is 251 g/mol. The van der Waals surface area contributed by atoms with Gasteiger partial charge in [-0.2, -0.15) is 0 Å². The number of nitrogens with two attached hydrogens (primary N) is 1. The standard InChI is InChI=1S/C13H17FN2O3/c1-3-16(7-8(2)13(18)19)12(17)9-4-5-11(15)10(14)6-9/h4-6,8H,3,7,15H2,1-2H3,(H,18,19). The predicted molar refractivity (Wildman–Crippen MR) is 69.2 cm³/mol. The number of carbonyl (C=O) groups excluding carboxylic acids is 1. The van der Waals surface area contributed by atoms with E-state index in [0.717, 1.165) is 6.07 Å². The van der Waals surface area contributed by atoms with Crippen LogP contribution in [0.1, 0.15) is 24.2 Å². The van der Waals surface area contributed by atoms with Crippen molar-refractivity contribution in [3.05, 3.63) is 29.6 Å². The summed E-state index contributed by atoms with van der Waals surface area (Å²) in [5, 5.41) is 8.84. The van der Waals surface area contributed by atoms with Gasteiger partial charge in [-0.25, -0.2) is 4.39 Å². The van der Waals surface area contributed by atoms with Gasteiger partial charge in [0.1, 0.15) is 5.82 Å². The molecule has 19 heavy (non-hydrogen) atoms. The molecule has 1 atom stereocenters. The van der Waals surface area contributed by atoms with Crippen molar-refractivity contribution in [2.75, 3.05) is 18.8 Å². The Morgan fingerprint density at radius 2 is 2.11 bits per heavy atom. The van der Waals surface area contributed by atoms with Gasteiger partial charge in [0.15, 0.2) is 0 Å². The van der Waals surface area contributed by atoms with Gasteiger partial charge in [-0.1, -0.05) is 6.92 Å². The van der Waals surface area contributed by atoms with Gasteiger partial charge in [0, 0.05) is 18.7 Å². The van der Waals surface area contributed by atoms with Crippen molar-refractivity contribution in [3.8, 4) is 0 Å². The fourth-order valence-corrected chi connectivity index (χ4v) is 1.61. The van der Waals surface area contributed by atoms with Crippen LogP contribution < -0.4 is 5.73 Å². The van der Waals surface area contributed by atoms with Gasteiger partial charge in [-0.3, -0.25) is 9.59 Å².